The molecule has 9 aromatic rings. The Kier molecular flexibility index (Phi) is 7.37. The Morgan fingerprint density at radius 3 is 1.88 bits per heavy atom. The Hall–Kier alpha value is -6.98. The van der Waals surface area contributed by atoms with Gasteiger partial charge in [0.1, 0.15) is 5.82 Å². The molecule has 0 radical (unpaired) electrons. The fourth-order valence-electron chi connectivity index (χ4n) is 7.16. The summed E-state index contributed by atoms with van der Waals surface area (Å²) in [6.07, 6.45) is 1.91. The maximum Gasteiger partial charge on any atom is 0.138 e. The van der Waals surface area contributed by atoms with Gasteiger partial charge in [0.05, 0.1) is 39.2 Å². The highest BCUT2D eigenvalue weighted by Crippen LogP contribution is 2.41. The number of para-hydroxylation sites is 3. The van der Waals surface area contributed by atoms with Crippen molar-refractivity contribution in [3.63, 3.8) is 0 Å². The van der Waals surface area contributed by atoms with Crippen LogP contribution < -0.4 is 5.73 Å². The highest BCUT2D eigenvalue weighted by Gasteiger charge is 2.21. The van der Waals surface area contributed by atoms with Gasteiger partial charge in [-0.1, -0.05) is 134 Å². The zero-order valence-corrected chi connectivity index (χ0v) is 27.8. The zero-order chi connectivity index (χ0) is 34.3. The summed E-state index contributed by atoms with van der Waals surface area (Å²) in [5, 5.41) is 4.71. The van der Waals surface area contributed by atoms with Crippen molar-refractivity contribution in [2.24, 2.45) is 10.7 Å². The van der Waals surface area contributed by atoms with Gasteiger partial charge in [0.15, 0.2) is 0 Å². The van der Waals surface area contributed by atoms with Crippen LogP contribution in [0.15, 0.2) is 188 Å². The number of rotatable bonds is 7. The molecule has 3 heterocycles. The van der Waals surface area contributed by atoms with Gasteiger partial charge >= 0.3 is 0 Å². The minimum absolute atomic E-state index is 0.541. The molecule has 6 aromatic carbocycles. The maximum absolute atomic E-state index is 6.60. The Balaban J connectivity index is 1.25. The van der Waals surface area contributed by atoms with Crippen LogP contribution in [0.4, 0.5) is 0 Å². The first-order chi connectivity index (χ1) is 25.2. The van der Waals surface area contributed by atoms with Gasteiger partial charge in [-0.2, -0.15) is 0 Å². The number of pyridine rings is 1. The molecule has 242 valence electrons. The summed E-state index contributed by atoms with van der Waals surface area (Å²) in [7, 11) is 0. The molecule has 0 fully saturated rings. The summed E-state index contributed by atoms with van der Waals surface area (Å²) >= 11 is 0. The average molecular weight is 656 g/mol. The van der Waals surface area contributed by atoms with Gasteiger partial charge < -0.3 is 10.3 Å². The van der Waals surface area contributed by atoms with E-state index in [-0.39, 0.29) is 0 Å². The lowest BCUT2D eigenvalue weighted by atomic mass is 10.1. The summed E-state index contributed by atoms with van der Waals surface area (Å²) in [4.78, 5) is 10.3. The van der Waals surface area contributed by atoms with Crippen LogP contribution >= 0.6 is 0 Å². The normalized spacial score (nSPS) is 12.3. The number of aromatic nitrogens is 3. The molecular weight excluding hydrogens is 623 g/mol. The van der Waals surface area contributed by atoms with E-state index in [2.05, 4.69) is 113 Å². The molecule has 0 bridgehead atoms. The second-order valence-electron chi connectivity index (χ2n) is 12.6. The van der Waals surface area contributed by atoms with Crippen LogP contribution in [0, 0.1) is 0 Å². The van der Waals surface area contributed by atoms with E-state index >= 15 is 0 Å². The van der Waals surface area contributed by atoms with Crippen LogP contribution in [0.3, 0.4) is 0 Å². The smallest absolute Gasteiger partial charge is 0.138 e. The zero-order valence-electron chi connectivity index (χ0n) is 27.8. The fraction of sp³-hybridized carbons (Fsp3) is 0. The van der Waals surface area contributed by atoms with E-state index in [4.69, 9.17) is 15.7 Å². The first kappa shape index (κ1) is 30.1. The number of fused-ring (bicyclic) bond motifs is 7. The molecule has 5 heteroatoms. The Morgan fingerprint density at radius 1 is 0.549 bits per heavy atom. The average Bonchev–Trinajstić information content (AvgIpc) is 3.71. The van der Waals surface area contributed by atoms with E-state index in [9.17, 15) is 0 Å². The van der Waals surface area contributed by atoms with Crippen LogP contribution in [-0.4, -0.2) is 19.8 Å². The first-order valence-electron chi connectivity index (χ1n) is 17.0. The van der Waals surface area contributed by atoms with Crippen molar-refractivity contribution in [1.29, 1.82) is 0 Å². The van der Waals surface area contributed by atoms with Gasteiger partial charge in [0.25, 0.3) is 0 Å². The van der Waals surface area contributed by atoms with Crippen LogP contribution in [0.2, 0.25) is 0 Å². The lowest BCUT2D eigenvalue weighted by molar-refractivity contribution is 1.07. The molecular formula is C46H33N5. The molecule has 0 amide bonds. The third kappa shape index (κ3) is 5.20. The van der Waals surface area contributed by atoms with E-state index in [1.54, 1.807) is 0 Å². The van der Waals surface area contributed by atoms with Gasteiger partial charge in [0, 0.05) is 38.5 Å². The van der Waals surface area contributed by atoms with E-state index in [0.29, 0.717) is 22.8 Å². The largest absolute Gasteiger partial charge is 0.398 e. The van der Waals surface area contributed by atoms with Crippen LogP contribution in [-0.2, 0) is 0 Å². The molecule has 0 aliphatic carbocycles. The number of benzene rings is 6. The van der Waals surface area contributed by atoms with Crippen molar-refractivity contribution < 1.29 is 0 Å². The number of nitrogens with two attached hydrogens (primary N) is 1. The number of hydrogen-bond donors (Lipinski definition) is 1. The van der Waals surface area contributed by atoms with Crippen molar-refractivity contribution >= 4 is 60.7 Å². The summed E-state index contributed by atoms with van der Waals surface area (Å²) in [6.45, 7) is 4.41. The number of allylic oxidation sites excluding steroid dienone is 1. The Morgan fingerprint density at radius 2 is 1.16 bits per heavy atom. The summed E-state index contributed by atoms with van der Waals surface area (Å²) in [5.41, 5.74) is 16.6. The molecule has 0 spiro atoms. The van der Waals surface area contributed by atoms with E-state index in [1.165, 1.54) is 21.5 Å². The third-order valence-corrected chi connectivity index (χ3v) is 9.47. The highest BCUT2D eigenvalue weighted by molar-refractivity contribution is 6.26. The molecule has 0 unspecified atom stereocenters. The van der Waals surface area contributed by atoms with Crippen molar-refractivity contribution in [1.82, 2.24) is 14.1 Å². The third-order valence-electron chi connectivity index (χ3n) is 9.47. The van der Waals surface area contributed by atoms with E-state index < -0.39 is 0 Å². The first-order valence-corrected chi connectivity index (χ1v) is 17.0. The van der Waals surface area contributed by atoms with Gasteiger partial charge in [-0.05, 0) is 54.1 Å². The van der Waals surface area contributed by atoms with Crippen LogP contribution in [0.1, 0.15) is 16.8 Å². The summed E-state index contributed by atoms with van der Waals surface area (Å²) in [6, 6.07) is 58.3. The lowest BCUT2D eigenvalue weighted by Gasteiger charge is -2.11. The van der Waals surface area contributed by atoms with Crippen LogP contribution in [0.5, 0.6) is 0 Å². The van der Waals surface area contributed by atoms with E-state index in [1.807, 2.05) is 78.9 Å². The molecule has 0 aliphatic heterocycles. The van der Waals surface area contributed by atoms with Crippen molar-refractivity contribution in [3.8, 4) is 11.5 Å². The maximum atomic E-state index is 6.60. The molecule has 3 aromatic heterocycles. The Labute approximate surface area is 295 Å². The Bertz CT molecular complexity index is 2810. The van der Waals surface area contributed by atoms with E-state index in [0.717, 1.165) is 44.7 Å². The van der Waals surface area contributed by atoms with Crippen molar-refractivity contribution in [3.05, 3.63) is 199 Å². The van der Waals surface area contributed by atoms with Crippen molar-refractivity contribution in [2.45, 2.75) is 0 Å². The molecule has 9 rings (SSSR count). The molecule has 2 N–H and O–H groups in total. The molecule has 51 heavy (non-hydrogen) atoms. The second kappa shape index (κ2) is 12.5. The molecule has 0 saturated carbocycles. The minimum Gasteiger partial charge on any atom is -0.398 e. The van der Waals surface area contributed by atoms with Gasteiger partial charge in [-0.25, -0.2) is 9.98 Å². The lowest BCUT2D eigenvalue weighted by Crippen LogP contribution is -2.05. The monoisotopic (exact) mass is 655 g/mol. The van der Waals surface area contributed by atoms with Gasteiger partial charge in [-0.15, -0.1) is 0 Å². The molecule has 0 atom stereocenters. The molecule has 0 saturated heterocycles. The number of hydrogen-bond acceptors (Lipinski definition) is 3. The second-order valence-corrected chi connectivity index (χ2v) is 12.6. The fourth-order valence-corrected chi connectivity index (χ4v) is 7.16. The SMILES string of the molecule is C=C(/N=C(\C=C(/N)c1ccccc1)c1ccccc1)c1cccc(-n2c3ccccc3c3ccc4c(c5ccccc5n4-c4ccccc4)c32)n1. The molecule has 5 nitrogen and oxygen atoms in total. The van der Waals surface area contributed by atoms with Crippen molar-refractivity contribution in [2.75, 3.05) is 0 Å². The van der Waals surface area contributed by atoms with Crippen LogP contribution in [0.25, 0.3) is 66.5 Å². The standard InChI is InChI=1S/C46H33N5/c1-31(48-40(33-18-7-3-8-19-33)30-38(47)32-16-5-2-6-17-32)39-24-15-27-44(49-39)51-41-25-13-11-22-35(41)36-28-29-43-45(46(36)51)37-23-12-14-26-42(37)50(43)34-20-9-4-10-21-34/h2-30H,1,47H2/b38-30-,48-40+. The number of aliphatic imine (C=N–C) groups is 1. The number of nitrogens with zero attached hydrogens (tertiary/aromatic N) is 4. The van der Waals surface area contributed by atoms with Gasteiger partial charge in [0.2, 0.25) is 0 Å². The topological polar surface area (TPSA) is 61.1 Å². The minimum atomic E-state index is 0.541. The predicted molar refractivity (Wildman–Crippen MR) is 214 cm³/mol. The quantitative estimate of drug-likeness (QED) is 0.174. The van der Waals surface area contributed by atoms with Gasteiger partial charge in [-0.3, -0.25) is 4.57 Å². The summed E-state index contributed by atoms with van der Waals surface area (Å²) in [5.74, 6) is 0.791. The highest BCUT2D eigenvalue weighted by atomic mass is 15.1. The summed E-state index contributed by atoms with van der Waals surface area (Å²) < 4.78 is 4.65. The predicted octanol–water partition coefficient (Wildman–Crippen LogP) is 10.7. The molecule has 0 aliphatic rings.